The highest BCUT2D eigenvalue weighted by atomic mass is 19.1. The second-order valence-corrected chi connectivity index (χ2v) is 8.47. The fraction of sp³-hybridized carbons (Fsp3) is 0.286. The molecule has 162 valence electrons. The zero-order valence-corrected chi connectivity index (χ0v) is 18.7. The first-order valence-electron chi connectivity index (χ1n) is 10.9. The second kappa shape index (κ2) is 10.3. The van der Waals surface area contributed by atoms with Crippen LogP contribution in [0.5, 0.6) is 5.75 Å². The Kier molecular flexibility index (Phi) is 7.51. The van der Waals surface area contributed by atoms with Crippen molar-refractivity contribution in [2.45, 2.75) is 51.6 Å². The van der Waals surface area contributed by atoms with Crippen LogP contribution in [0, 0.1) is 5.82 Å². The molecule has 1 atom stereocenters. The molecule has 0 aliphatic rings. The van der Waals surface area contributed by atoms with Crippen LogP contribution in [-0.4, -0.2) is 6.10 Å². The highest BCUT2D eigenvalue weighted by molar-refractivity contribution is 5.60. The standard InChI is InChI=1S/C28H32FNO/c1-5-28(4,23-14-16-25(17-15-23)31-21(2)3)19-9-10-22-13-18-26(29)27(20-22)30-24-11-7-6-8-12-24/h5-8,11-18,20-21,30H,1,9-10,19H2,2-4H3. The van der Waals surface area contributed by atoms with Crippen molar-refractivity contribution < 1.29 is 9.13 Å². The lowest BCUT2D eigenvalue weighted by atomic mass is 9.78. The van der Waals surface area contributed by atoms with Gasteiger partial charge in [0.2, 0.25) is 0 Å². The minimum Gasteiger partial charge on any atom is -0.491 e. The highest BCUT2D eigenvalue weighted by Crippen LogP contribution is 2.32. The third-order valence-corrected chi connectivity index (χ3v) is 5.58. The SMILES string of the molecule is C=CC(C)(CCCc1ccc(F)c(Nc2ccccc2)c1)c1ccc(OC(C)C)cc1. The lowest BCUT2D eigenvalue weighted by molar-refractivity contribution is 0.242. The number of rotatable bonds is 10. The van der Waals surface area contributed by atoms with Crippen LogP contribution in [-0.2, 0) is 11.8 Å². The smallest absolute Gasteiger partial charge is 0.146 e. The molecule has 0 spiro atoms. The van der Waals surface area contributed by atoms with E-state index in [9.17, 15) is 4.39 Å². The maximum Gasteiger partial charge on any atom is 0.146 e. The average Bonchev–Trinajstić information content (AvgIpc) is 2.76. The maximum atomic E-state index is 14.3. The van der Waals surface area contributed by atoms with E-state index >= 15 is 0 Å². The van der Waals surface area contributed by atoms with E-state index in [0.29, 0.717) is 5.69 Å². The zero-order valence-electron chi connectivity index (χ0n) is 18.7. The Morgan fingerprint density at radius 1 is 1.03 bits per heavy atom. The Labute approximate surface area is 185 Å². The molecule has 0 fully saturated rings. The molecule has 1 N–H and O–H groups in total. The van der Waals surface area contributed by atoms with E-state index in [1.54, 1.807) is 6.07 Å². The molecule has 2 nitrogen and oxygen atoms in total. The summed E-state index contributed by atoms with van der Waals surface area (Å²) in [5.41, 5.74) is 3.61. The Bertz CT molecular complexity index is 982. The Morgan fingerprint density at radius 2 is 1.74 bits per heavy atom. The molecule has 3 heteroatoms. The van der Waals surface area contributed by atoms with Crippen molar-refractivity contribution in [3.63, 3.8) is 0 Å². The molecule has 0 amide bonds. The van der Waals surface area contributed by atoms with Crippen LogP contribution < -0.4 is 10.1 Å². The number of benzene rings is 3. The van der Waals surface area contributed by atoms with Gasteiger partial charge in [0.25, 0.3) is 0 Å². The minimum atomic E-state index is -0.243. The summed E-state index contributed by atoms with van der Waals surface area (Å²) in [7, 11) is 0. The summed E-state index contributed by atoms with van der Waals surface area (Å²) in [5, 5.41) is 3.17. The van der Waals surface area contributed by atoms with Crippen molar-refractivity contribution in [1.29, 1.82) is 0 Å². The summed E-state index contributed by atoms with van der Waals surface area (Å²) in [6, 6.07) is 23.3. The number of nitrogens with one attached hydrogen (secondary N) is 1. The van der Waals surface area contributed by atoms with Crippen molar-refractivity contribution >= 4 is 11.4 Å². The van der Waals surface area contributed by atoms with Crippen LogP contribution in [0.1, 0.15) is 44.7 Å². The highest BCUT2D eigenvalue weighted by Gasteiger charge is 2.22. The maximum absolute atomic E-state index is 14.3. The van der Waals surface area contributed by atoms with Crippen LogP contribution in [0.25, 0.3) is 0 Å². The number of para-hydroxylation sites is 1. The van der Waals surface area contributed by atoms with Gasteiger partial charge in [0.1, 0.15) is 11.6 Å². The number of aryl methyl sites for hydroxylation is 1. The van der Waals surface area contributed by atoms with E-state index < -0.39 is 0 Å². The van der Waals surface area contributed by atoms with E-state index in [4.69, 9.17) is 4.74 Å². The molecule has 31 heavy (non-hydrogen) atoms. The molecule has 3 aromatic rings. The third-order valence-electron chi connectivity index (χ3n) is 5.58. The Hall–Kier alpha value is -3.07. The number of anilines is 2. The van der Waals surface area contributed by atoms with Gasteiger partial charge in [-0.25, -0.2) is 4.39 Å². The number of hydrogen-bond acceptors (Lipinski definition) is 2. The first kappa shape index (κ1) is 22.6. The van der Waals surface area contributed by atoms with Crippen molar-refractivity contribution in [1.82, 2.24) is 0 Å². The molecule has 0 aliphatic heterocycles. The van der Waals surface area contributed by atoms with E-state index in [1.807, 2.05) is 74.5 Å². The van der Waals surface area contributed by atoms with E-state index in [0.717, 1.165) is 36.3 Å². The minimum absolute atomic E-state index is 0.124. The lowest BCUT2D eigenvalue weighted by Gasteiger charge is -2.27. The largest absolute Gasteiger partial charge is 0.491 e. The Morgan fingerprint density at radius 3 is 2.39 bits per heavy atom. The van der Waals surface area contributed by atoms with Gasteiger partial charge >= 0.3 is 0 Å². The second-order valence-electron chi connectivity index (χ2n) is 8.47. The summed E-state index contributed by atoms with van der Waals surface area (Å²) < 4.78 is 20.0. The lowest BCUT2D eigenvalue weighted by Crippen LogP contribution is -2.19. The van der Waals surface area contributed by atoms with E-state index in [2.05, 4.69) is 31.0 Å². The van der Waals surface area contributed by atoms with E-state index in [-0.39, 0.29) is 17.3 Å². The zero-order chi connectivity index (χ0) is 22.3. The Balaban J connectivity index is 1.63. The summed E-state index contributed by atoms with van der Waals surface area (Å²) >= 11 is 0. The fourth-order valence-corrected chi connectivity index (χ4v) is 3.71. The topological polar surface area (TPSA) is 21.3 Å². The summed E-state index contributed by atoms with van der Waals surface area (Å²) in [6.45, 7) is 10.4. The van der Waals surface area contributed by atoms with Gasteiger partial charge in [-0.2, -0.15) is 0 Å². The molecule has 0 radical (unpaired) electrons. The van der Waals surface area contributed by atoms with Crippen LogP contribution in [0.4, 0.5) is 15.8 Å². The molecular weight excluding hydrogens is 385 g/mol. The van der Waals surface area contributed by atoms with Crippen molar-refractivity contribution in [2.75, 3.05) is 5.32 Å². The van der Waals surface area contributed by atoms with Gasteiger partial charge in [-0.15, -0.1) is 6.58 Å². The van der Waals surface area contributed by atoms with Gasteiger partial charge in [-0.3, -0.25) is 0 Å². The van der Waals surface area contributed by atoms with Gasteiger partial charge < -0.3 is 10.1 Å². The molecule has 0 aliphatic carbocycles. The van der Waals surface area contributed by atoms with Crippen molar-refractivity contribution in [2.24, 2.45) is 0 Å². The van der Waals surface area contributed by atoms with Gasteiger partial charge in [-0.05, 0) is 80.6 Å². The number of hydrogen-bond donors (Lipinski definition) is 1. The molecule has 0 saturated heterocycles. The summed E-state index contributed by atoms with van der Waals surface area (Å²) in [4.78, 5) is 0. The van der Waals surface area contributed by atoms with Gasteiger partial charge in [0.15, 0.2) is 0 Å². The predicted octanol–water partition coefficient (Wildman–Crippen LogP) is 7.82. The first-order chi connectivity index (χ1) is 14.9. The summed E-state index contributed by atoms with van der Waals surface area (Å²) in [5.74, 6) is 0.641. The first-order valence-corrected chi connectivity index (χ1v) is 10.9. The molecule has 0 aromatic heterocycles. The predicted molar refractivity (Wildman–Crippen MR) is 129 cm³/mol. The average molecular weight is 418 g/mol. The molecule has 0 heterocycles. The molecular formula is C28H32FNO. The third kappa shape index (κ3) is 6.21. The van der Waals surface area contributed by atoms with E-state index in [1.165, 1.54) is 5.56 Å². The van der Waals surface area contributed by atoms with Gasteiger partial charge in [0.05, 0.1) is 11.8 Å². The quantitative estimate of drug-likeness (QED) is 0.339. The van der Waals surface area contributed by atoms with Crippen molar-refractivity contribution in [3.05, 3.63) is 102 Å². The normalized spacial score (nSPS) is 12.9. The molecule has 0 saturated carbocycles. The molecule has 1 unspecified atom stereocenters. The van der Waals surface area contributed by atoms with Crippen LogP contribution in [0.15, 0.2) is 85.5 Å². The molecule has 3 rings (SSSR count). The number of allylic oxidation sites excluding steroid dienone is 1. The van der Waals surface area contributed by atoms with Crippen LogP contribution in [0.2, 0.25) is 0 Å². The molecule has 0 bridgehead atoms. The number of halogens is 1. The van der Waals surface area contributed by atoms with Gasteiger partial charge in [0, 0.05) is 11.1 Å². The summed E-state index contributed by atoms with van der Waals surface area (Å²) in [6.07, 6.45) is 5.00. The van der Waals surface area contributed by atoms with Crippen LogP contribution >= 0.6 is 0 Å². The monoisotopic (exact) mass is 417 g/mol. The van der Waals surface area contributed by atoms with Crippen LogP contribution in [0.3, 0.4) is 0 Å². The number of ether oxygens (including phenoxy) is 1. The van der Waals surface area contributed by atoms with Gasteiger partial charge in [-0.1, -0.05) is 49.4 Å². The van der Waals surface area contributed by atoms with Crippen molar-refractivity contribution in [3.8, 4) is 5.75 Å². The molecule has 3 aromatic carbocycles. The fourth-order valence-electron chi connectivity index (χ4n) is 3.71.